The van der Waals surface area contributed by atoms with Crippen molar-refractivity contribution in [2.75, 3.05) is 25.0 Å². The number of nitrogens with one attached hydrogen (secondary N) is 1. The van der Waals surface area contributed by atoms with E-state index in [1.807, 2.05) is 24.3 Å². The van der Waals surface area contributed by atoms with Crippen molar-refractivity contribution in [2.45, 2.75) is 32.7 Å². The molecular weight excluding hydrogens is 222 g/mol. The zero-order valence-electron chi connectivity index (χ0n) is 11.8. The third-order valence-corrected chi connectivity index (χ3v) is 2.74. The van der Waals surface area contributed by atoms with Crippen LogP contribution in [0.1, 0.15) is 32.8 Å². The van der Waals surface area contributed by atoms with Crippen molar-refractivity contribution in [1.29, 1.82) is 5.26 Å². The summed E-state index contributed by atoms with van der Waals surface area (Å²) < 4.78 is 0. The summed E-state index contributed by atoms with van der Waals surface area (Å²) in [7, 11) is 2.06. The highest BCUT2D eigenvalue weighted by atomic mass is 15.1. The number of anilines is 1. The molecule has 1 aromatic rings. The monoisotopic (exact) mass is 245 g/mol. The SMILES string of the molecule is CN(CCCNC(C)(C)C)c1cccc(C#N)c1. The summed E-state index contributed by atoms with van der Waals surface area (Å²) in [6.07, 6.45) is 1.09. The summed E-state index contributed by atoms with van der Waals surface area (Å²) in [5.74, 6) is 0. The number of nitrogens with zero attached hydrogens (tertiary/aromatic N) is 2. The van der Waals surface area contributed by atoms with Gasteiger partial charge in [0.1, 0.15) is 0 Å². The molecule has 0 heterocycles. The Hall–Kier alpha value is -1.53. The lowest BCUT2D eigenvalue weighted by atomic mass is 10.1. The van der Waals surface area contributed by atoms with E-state index in [4.69, 9.17) is 5.26 Å². The van der Waals surface area contributed by atoms with E-state index in [-0.39, 0.29) is 5.54 Å². The molecule has 1 N–H and O–H groups in total. The molecule has 1 rings (SSSR count). The number of hydrogen-bond donors (Lipinski definition) is 1. The lowest BCUT2D eigenvalue weighted by molar-refractivity contribution is 0.423. The van der Waals surface area contributed by atoms with Gasteiger partial charge in [0.25, 0.3) is 0 Å². The molecule has 3 heteroatoms. The minimum absolute atomic E-state index is 0.180. The Balaban J connectivity index is 2.41. The number of hydrogen-bond acceptors (Lipinski definition) is 3. The van der Waals surface area contributed by atoms with Gasteiger partial charge in [-0.1, -0.05) is 6.07 Å². The largest absolute Gasteiger partial charge is 0.375 e. The summed E-state index contributed by atoms with van der Waals surface area (Å²) in [5.41, 5.74) is 2.00. The van der Waals surface area contributed by atoms with Gasteiger partial charge in [-0.25, -0.2) is 0 Å². The average Bonchev–Trinajstić information content (AvgIpc) is 2.33. The van der Waals surface area contributed by atoms with E-state index in [0.717, 1.165) is 25.2 Å². The van der Waals surface area contributed by atoms with Gasteiger partial charge < -0.3 is 10.2 Å². The summed E-state index contributed by atoms with van der Waals surface area (Å²) in [6, 6.07) is 9.90. The molecule has 0 spiro atoms. The first-order valence-corrected chi connectivity index (χ1v) is 6.39. The van der Waals surface area contributed by atoms with Crippen LogP contribution in [0.4, 0.5) is 5.69 Å². The van der Waals surface area contributed by atoms with E-state index in [1.165, 1.54) is 0 Å². The zero-order valence-corrected chi connectivity index (χ0v) is 11.8. The molecule has 18 heavy (non-hydrogen) atoms. The van der Waals surface area contributed by atoms with E-state index < -0.39 is 0 Å². The molecular formula is C15H23N3. The van der Waals surface area contributed by atoms with Gasteiger partial charge in [0, 0.05) is 24.8 Å². The van der Waals surface area contributed by atoms with Crippen LogP contribution in [-0.2, 0) is 0 Å². The molecule has 3 nitrogen and oxygen atoms in total. The molecule has 98 valence electrons. The predicted molar refractivity (Wildman–Crippen MR) is 76.8 cm³/mol. The number of nitriles is 1. The fourth-order valence-electron chi connectivity index (χ4n) is 1.72. The molecule has 1 aromatic carbocycles. The highest BCUT2D eigenvalue weighted by Gasteiger charge is 2.08. The van der Waals surface area contributed by atoms with Crippen LogP contribution in [0.5, 0.6) is 0 Å². The maximum atomic E-state index is 8.87. The molecule has 0 aromatic heterocycles. The molecule has 0 aliphatic heterocycles. The molecule has 0 unspecified atom stereocenters. The standard InChI is InChI=1S/C15H23N3/c1-15(2,3)17-9-6-10-18(4)14-8-5-7-13(11-14)12-16/h5,7-8,11,17H,6,9-10H2,1-4H3. The van der Waals surface area contributed by atoms with E-state index in [1.54, 1.807) is 0 Å². The van der Waals surface area contributed by atoms with Crippen LogP contribution in [-0.4, -0.2) is 25.7 Å². The van der Waals surface area contributed by atoms with Gasteiger partial charge in [0.05, 0.1) is 11.6 Å². The molecule has 0 aliphatic rings. The van der Waals surface area contributed by atoms with Crippen molar-refractivity contribution in [2.24, 2.45) is 0 Å². The quantitative estimate of drug-likeness (QED) is 0.811. The fraction of sp³-hybridized carbons (Fsp3) is 0.533. The van der Waals surface area contributed by atoms with Crippen molar-refractivity contribution in [3.05, 3.63) is 29.8 Å². The fourth-order valence-corrected chi connectivity index (χ4v) is 1.72. The zero-order chi connectivity index (χ0) is 13.6. The summed E-state index contributed by atoms with van der Waals surface area (Å²) in [4.78, 5) is 2.19. The predicted octanol–water partition coefficient (Wildman–Crippen LogP) is 2.77. The smallest absolute Gasteiger partial charge is 0.0992 e. The maximum Gasteiger partial charge on any atom is 0.0992 e. The van der Waals surface area contributed by atoms with E-state index >= 15 is 0 Å². The molecule has 0 saturated carbocycles. The molecule has 0 atom stereocenters. The van der Waals surface area contributed by atoms with Crippen molar-refractivity contribution < 1.29 is 0 Å². The second-order valence-corrected chi connectivity index (χ2v) is 5.61. The van der Waals surface area contributed by atoms with Gasteiger partial charge in [-0.2, -0.15) is 5.26 Å². The van der Waals surface area contributed by atoms with Gasteiger partial charge in [0.15, 0.2) is 0 Å². The average molecular weight is 245 g/mol. The Kier molecular flexibility index (Phi) is 5.18. The van der Waals surface area contributed by atoms with Gasteiger partial charge in [-0.15, -0.1) is 0 Å². The van der Waals surface area contributed by atoms with Gasteiger partial charge >= 0.3 is 0 Å². The highest BCUT2D eigenvalue weighted by Crippen LogP contribution is 2.14. The van der Waals surface area contributed by atoms with Crippen molar-refractivity contribution >= 4 is 5.69 Å². The molecule has 0 fully saturated rings. The number of rotatable bonds is 5. The van der Waals surface area contributed by atoms with Gasteiger partial charge in [-0.3, -0.25) is 0 Å². The van der Waals surface area contributed by atoms with Crippen LogP contribution >= 0.6 is 0 Å². The highest BCUT2D eigenvalue weighted by molar-refractivity contribution is 5.50. The van der Waals surface area contributed by atoms with Crippen LogP contribution < -0.4 is 10.2 Å². The Morgan fingerprint density at radius 2 is 2.06 bits per heavy atom. The van der Waals surface area contributed by atoms with Crippen LogP contribution in [0, 0.1) is 11.3 Å². The molecule has 0 aliphatic carbocycles. The third kappa shape index (κ3) is 5.20. The first-order valence-electron chi connectivity index (χ1n) is 6.39. The molecule has 0 bridgehead atoms. The Labute approximate surface area is 110 Å². The minimum Gasteiger partial charge on any atom is -0.375 e. The summed E-state index contributed by atoms with van der Waals surface area (Å²) in [6.45, 7) is 8.51. The van der Waals surface area contributed by atoms with Crippen LogP contribution in [0.15, 0.2) is 24.3 Å². The van der Waals surface area contributed by atoms with Crippen LogP contribution in [0.2, 0.25) is 0 Å². The third-order valence-electron chi connectivity index (χ3n) is 2.74. The molecule has 0 saturated heterocycles. The van der Waals surface area contributed by atoms with Crippen molar-refractivity contribution in [3.8, 4) is 6.07 Å². The lowest BCUT2D eigenvalue weighted by Crippen LogP contribution is -2.37. The van der Waals surface area contributed by atoms with Crippen molar-refractivity contribution in [3.63, 3.8) is 0 Å². The second kappa shape index (κ2) is 6.42. The van der Waals surface area contributed by atoms with Gasteiger partial charge in [0.2, 0.25) is 0 Å². The summed E-state index contributed by atoms with van der Waals surface area (Å²) >= 11 is 0. The second-order valence-electron chi connectivity index (χ2n) is 5.61. The van der Waals surface area contributed by atoms with Crippen molar-refractivity contribution in [1.82, 2.24) is 5.32 Å². The maximum absolute atomic E-state index is 8.87. The van der Waals surface area contributed by atoms with Crippen LogP contribution in [0.25, 0.3) is 0 Å². The Morgan fingerprint density at radius 1 is 1.33 bits per heavy atom. The lowest BCUT2D eigenvalue weighted by Gasteiger charge is -2.23. The number of benzene rings is 1. The van der Waals surface area contributed by atoms with Gasteiger partial charge in [-0.05, 0) is 51.9 Å². The van der Waals surface area contributed by atoms with Crippen LogP contribution in [0.3, 0.4) is 0 Å². The first-order chi connectivity index (χ1) is 8.42. The Morgan fingerprint density at radius 3 is 2.67 bits per heavy atom. The molecule has 0 radical (unpaired) electrons. The van der Waals surface area contributed by atoms with E-state index in [9.17, 15) is 0 Å². The first kappa shape index (κ1) is 14.5. The normalized spacial score (nSPS) is 11.1. The molecule has 0 amide bonds. The van der Waals surface area contributed by atoms with E-state index in [0.29, 0.717) is 5.56 Å². The van der Waals surface area contributed by atoms with E-state index in [2.05, 4.69) is 44.1 Å². The Bertz CT molecular complexity index is 412. The topological polar surface area (TPSA) is 39.1 Å². The minimum atomic E-state index is 0.180. The summed E-state index contributed by atoms with van der Waals surface area (Å²) in [5, 5.41) is 12.3.